The zero-order valence-electron chi connectivity index (χ0n) is 21.8. The summed E-state index contributed by atoms with van der Waals surface area (Å²) in [4.78, 5) is 56.1. The van der Waals surface area contributed by atoms with E-state index in [1.54, 1.807) is 26.0 Å². The molecule has 4 amide bonds. The Bertz CT molecular complexity index is 1360. The average molecular weight is 573 g/mol. The van der Waals surface area contributed by atoms with Crippen LogP contribution in [0.5, 0.6) is 17.2 Å². The SMILES string of the molecule is Cc1c(C)c2c(c(C)c1O)C(=O)CC(C)(COc1ccc(CC3SC(=O)NC3=O)cc1)O2.O=C1CSC(=O)N1. The summed E-state index contributed by atoms with van der Waals surface area (Å²) in [5.41, 5.74) is 2.51. The molecule has 0 aromatic heterocycles. The fourth-order valence-electron chi connectivity index (χ4n) is 4.38. The van der Waals surface area contributed by atoms with Gasteiger partial charge in [-0.3, -0.25) is 34.6 Å². The minimum atomic E-state index is -0.845. The Hall–Kier alpha value is -3.51. The summed E-state index contributed by atoms with van der Waals surface area (Å²) in [6.07, 6.45) is 0.600. The largest absolute Gasteiger partial charge is 0.507 e. The number of nitrogens with one attached hydrogen (secondary N) is 2. The predicted octanol–water partition coefficient (Wildman–Crippen LogP) is 3.98. The van der Waals surface area contributed by atoms with Gasteiger partial charge in [0, 0.05) is 5.56 Å². The van der Waals surface area contributed by atoms with Crippen LogP contribution >= 0.6 is 23.5 Å². The molecule has 206 valence electrons. The van der Waals surface area contributed by atoms with Crippen LogP contribution in [0.15, 0.2) is 24.3 Å². The molecule has 5 rings (SSSR count). The minimum absolute atomic E-state index is 0.0783. The van der Waals surface area contributed by atoms with E-state index in [9.17, 15) is 29.1 Å². The van der Waals surface area contributed by atoms with Crippen molar-refractivity contribution in [3.63, 3.8) is 0 Å². The van der Waals surface area contributed by atoms with Crippen LogP contribution in [0.25, 0.3) is 0 Å². The summed E-state index contributed by atoms with van der Waals surface area (Å²) >= 11 is 2.01. The number of fused-ring (bicyclic) bond motifs is 1. The van der Waals surface area contributed by atoms with Gasteiger partial charge in [-0.25, -0.2) is 0 Å². The first-order valence-electron chi connectivity index (χ1n) is 12.1. The lowest BCUT2D eigenvalue weighted by molar-refractivity contribution is -0.119. The van der Waals surface area contributed by atoms with Gasteiger partial charge in [0.15, 0.2) is 5.78 Å². The van der Waals surface area contributed by atoms with E-state index >= 15 is 0 Å². The molecule has 2 aromatic carbocycles. The second-order valence-corrected chi connectivity index (χ2v) is 11.8. The number of phenolic OH excluding ortho intramolecular Hbond substituents is 1. The topological polar surface area (TPSA) is 148 Å². The quantitative estimate of drug-likeness (QED) is 0.480. The zero-order chi connectivity index (χ0) is 28.5. The van der Waals surface area contributed by atoms with Gasteiger partial charge in [0.2, 0.25) is 11.8 Å². The number of hydrogen-bond acceptors (Lipinski definition) is 10. The molecule has 2 unspecified atom stereocenters. The number of amides is 4. The van der Waals surface area contributed by atoms with E-state index in [1.807, 2.05) is 26.0 Å². The minimum Gasteiger partial charge on any atom is -0.507 e. The van der Waals surface area contributed by atoms with Crippen LogP contribution in [0.1, 0.15) is 46.0 Å². The Kier molecular flexibility index (Phi) is 8.26. The number of Topliss-reactive ketones (excluding diaryl/α,β-unsaturated/α-hetero) is 1. The van der Waals surface area contributed by atoms with Gasteiger partial charge in [-0.1, -0.05) is 35.7 Å². The highest BCUT2D eigenvalue weighted by atomic mass is 32.2. The molecule has 3 aliphatic rings. The number of hydrogen-bond donors (Lipinski definition) is 3. The maximum Gasteiger partial charge on any atom is 0.286 e. The van der Waals surface area contributed by atoms with Gasteiger partial charge in [0.25, 0.3) is 10.5 Å². The molecule has 2 saturated heterocycles. The van der Waals surface area contributed by atoms with Crippen molar-refractivity contribution in [1.82, 2.24) is 10.6 Å². The van der Waals surface area contributed by atoms with E-state index in [1.165, 1.54) is 0 Å². The first-order chi connectivity index (χ1) is 18.4. The molecule has 0 saturated carbocycles. The molecule has 10 nitrogen and oxygen atoms in total. The number of phenols is 1. The van der Waals surface area contributed by atoms with Crippen molar-refractivity contribution in [2.24, 2.45) is 0 Å². The molecule has 39 heavy (non-hydrogen) atoms. The fourth-order valence-corrected chi connectivity index (χ4v) is 5.76. The van der Waals surface area contributed by atoms with Crippen molar-refractivity contribution in [2.75, 3.05) is 12.4 Å². The van der Waals surface area contributed by atoms with E-state index in [0.29, 0.717) is 40.4 Å². The van der Waals surface area contributed by atoms with E-state index in [4.69, 9.17) is 9.47 Å². The van der Waals surface area contributed by atoms with E-state index < -0.39 is 10.9 Å². The number of ketones is 1. The molecule has 2 aromatic rings. The number of carbonyl (C=O) groups excluding carboxylic acids is 5. The van der Waals surface area contributed by atoms with Gasteiger partial charge in [0.1, 0.15) is 29.5 Å². The lowest BCUT2D eigenvalue weighted by Crippen LogP contribution is -2.44. The number of benzene rings is 2. The highest BCUT2D eigenvalue weighted by Gasteiger charge is 2.40. The van der Waals surface area contributed by atoms with Crippen LogP contribution in [0.4, 0.5) is 9.59 Å². The molecular formula is C27H28N2O8S2. The average Bonchev–Trinajstić information content (AvgIpc) is 3.42. The summed E-state index contributed by atoms with van der Waals surface area (Å²) in [5, 5.41) is 13.7. The van der Waals surface area contributed by atoms with Crippen LogP contribution in [-0.2, 0) is 16.0 Å². The van der Waals surface area contributed by atoms with Crippen molar-refractivity contribution in [3.8, 4) is 17.2 Å². The molecule has 0 bridgehead atoms. The number of carbonyl (C=O) groups is 5. The molecular weight excluding hydrogens is 544 g/mol. The van der Waals surface area contributed by atoms with Crippen molar-refractivity contribution in [3.05, 3.63) is 52.1 Å². The zero-order valence-corrected chi connectivity index (χ0v) is 23.5. The fraction of sp³-hybridized carbons (Fsp3) is 0.370. The molecule has 0 aliphatic carbocycles. The molecule has 0 radical (unpaired) electrons. The van der Waals surface area contributed by atoms with Gasteiger partial charge in [0.05, 0.1) is 23.0 Å². The molecule has 0 spiro atoms. The van der Waals surface area contributed by atoms with Crippen LogP contribution in [0.2, 0.25) is 0 Å². The van der Waals surface area contributed by atoms with Gasteiger partial charge in [-0.2, -0.15) is 0 Å². The number of thioether (sulfide) groups is 2. The Balaban J connectivity index is 0.000000438. The number of rotatable bonds is 5. The first kappa shape index (κ1) is 28.5. The van der Waals surface area contributed by atoms with Crippen LogP contribution < -0.4 is 20.1 Å². The molecule has 2 fully saturated rings. The predicted molar refractivity (Wildman–Crippen MR) is 147 cm³/mol. The Morgan fingerprint density at radius 1 is 1.00 bits per heavy atom. The first-order valence-corrected chi connectivity index (χ1v) is 14.0. The summed E-state index contributed by atoms with van der Waals surface area (Å²) in [6, 6.07) is 7.31. The maximum absolute atomic E-state index is 12.9. The van der Waals surface area contributed by atoms with Crippen LogP contribution in [-0.4, -0.2) is 56.4 Å². The third-order valence-electron chi connectivity index (χ3n) is 6.61. The lowest BCUT2D eigenvalue weighted by Gasteiger charge is -2.36. The molecule has 3 heterocycles. The van der Waals surface area contributed by atoms with Crippen molar-refractivity contribution in [2.45, 2.75) is 51.4 Å². The van der Waals surface area contributed by atoms with Crippen molar-refractivity contribution >= 4 is 51.6 Å². The molecule has 2 atom stereocenters. The van der Waals surface area contributed by atoms with Gasteiger partial charge < -0.3 is 14.6 Å². The number of imide groups is 2. The molecule has 12 heteroatoms. The Morgan fingerprint density at radius 3 is 2.23 bits per heavy atom. The van der Waals surface area contributed by atoms with Gasteiger partial charge in [-0.05, 0) is 62.9 Å². The van der Waals surface area contributed by atoms with Crippen molar-refractivity contribution in [1.29, 1.82) is 0 Å². The molecule has 3 N–H and O–H groups in total. The second-order valence-electron chi connectivity index (χ2n) is 9.72. The lowest BCUT2D eigenvalue weighted by atomic mass is 9.86. The third-order valence-corrected chi connectivity index (χ3v) is 8.36. The standard InChI is InChI=1S/C24H25NO6S.C3H3NO2S/c1-12-13(2)21-19(14(3)20(12)27)17(26)10-24(4,31-21)11-30-16-7-5-15(6-8-16)9-18-22(28)25-23(29)32-18;5-2-1-7-3(6)4-2/h5-8,18,27H,9-11H2,1-4H3,(H,25,28,29);1H2,(H,4,5,6). The van der Waals surface area contributed by atoms with E-state index in [-0.39, 0.29) is 46.9 Å². The number of ether oxygens (including phenoxy) is 2. The Morgan fingerprint density at radius 2 is 1.69 bits per heavy atom. The van der Waals surface area contributed by atoms with E-state index in [0.717, 1.165) is 34.7 Å². The highest BCUT2D eigenvalue weighted by Crippen LogP contribution is 2.43. The second kappa shape index (κ2) is 11.3. The van der Waals surface area contributed by atoms with E-state index in [2.05, 4.69) is 10.6 Å². The van der Waals surface area contributed by atoms with Crippen LogP contribution in [0, 0.1) is 20.8 Å². The van der Waals surface area contributed by atoms with Crippen molar-refractivity contribution < 1.29 is 38.6 Å². The number of aromatic hydroxyl groups is 1. The monoisotopic (exact) mass is 572 g/mol. The van der Waals surface area contributed by atoms with Crippen LogP contribution in [0.3, 0.4) is 0 Å². The van der Waals surface area contributed by atoms with Gasteiger partial charge in [-0.15, -0.1) is 0 Å². The van der Waals surface area contributed by atoms with Gasteiger partial charge >= 0.3 is 0 Å². The Labute approximate surface area is 233 Å². The third kappa shape index (κ3) is 6.39. The summed E-state index contributed by atoms with van der Waals surface area (Å²) < 4.78 is 12.2. The summed E-state index contributed by atoms with van der Waals surface area (Å²) in [6.45, 7) is 7.38. The maximum atomic E-state index is 12.9. The molecule has 3 aliphatic heterocycles. The summed E-state index contributed by atoms with van der Waals surface area (Å²) in [5.74, 6) is 1.03. The summed E-state index contributed by atoms with van der Waals surface area (Å²) in [7, 11) is 0. The normalized spacial score (nSPS) is 21.9. The smallest absolute Gasteiger partial charge is 0.286 e. The highest BCUT2D eigenvalue weighted by molar-refractivity contribution is 8.15.